The van der Waals surface area contributed by atoms with E-state index in [1.165, 1.54) is 11.8 Å². The standard InChI is InChI=1S/C20H18N2O4S/c1-12-7-13-8-15(24-2)4-5-16(13)22-20(12)27-10-19(23)21-14-3-6-17-18(9-14)26-11-25-17/h3-9H,10-11H2,1-2H3,(H,21,23). The number of aryl methyl sites for hydroxylation is 1. The van der Waals surface area contributed by atoms with Gasteiger partial charge in [0.05, 0.1) is 18.4 Å². The fourth-order valence-electron chi connectivity index (χ4n) is 2.82. The Labute approximate surface area is 160 Å². The molecule has 0 aliphatic carbocycles. The molecule has 2 aromatic carbocycles. The van der Waals surface area contributed by atoms with E-state index in [9.17, 15) is 4.79 Å². The minimum absolute atomic E-state index is 0.102. The zero-order valence-electron chi connectivity index (χ0n) is 14.9. The average Bonchev–Trinajstić information content (AvgIpc) is 3.13. The lowest BCUT2D eigenvalue weighted by molar-refractivity contribution is -0.113. The lowest BCUT2D eigenvalue weighted by atomic mass is 10.1. The number of carbonyl (C=O) groups is 1. The lowest BCUT2D eigenvalue weighted by Crippen LogP contribution is -2.14. The number of amides is 1. The molecule has 0 saturated carbocycles. The summed E-state index contributed by atoms with van der Waals surface area (Å²) in [6, 6.07) is 13.2. The topological polar surface area (TPSA) is 69.7 Å². The van der Waals surface area contributed by atoms with E-state index in [1.54, 1.807) is 25.3 Å². The highest BCUT2D eigenvalue weighted by molar-refractivity contribution is 8.00. The van der Waals surface area contributed by atoms with E-state index < -0.39 is 0 Å². The van der Waals surface area contributed by atoms with E-state index in [-0.39, 0.29) is 18.5 Å². The Bertz CT molecular complexity index is 1020. The summed E-state index contributed by atoms with van der Waals surface area (Å²) in [6.45, 7) is 2.20. The number of benzene rings is 2. The lowest BCUT2D eigenvalue weighted by Gasteiger charge is -2.09. The Hall–Kier alpha value is -2.93. The van der Waals surface area contributed by atoms with E-state index in [0.29, 0.717) is 17.2 Å². The van der Waals surface area contributed by atoms with Crippen LogP contribution in [-0.4, -0.2) is 30.5 Å². The van der Waals surface area contributed by atoms with Crippen LogP contribution in [0.25, 0.3) is 10.9 Å². The number of ether oxygens (including phenoxy) is 3. The van der Waals surface area contributed by atoms with Crippen LogP contribution < -0.4 is 19.5 Å². The van der Waals surface area contributed by atoms with Gasteiger partial charge in [0.1, 0.15) is 10.8 Å². The highest BCUT2D eigenvalue weighted by Gasteiger charge is 2.14. The van der Waals surface area contributed by atoms with Gasteiger partial charge in [-0.2, -0.15) is 0 Å². The molecule has 0 saturated heterocycles. The number of anilines is 1. The van der Waals surface area contributed by atoms with Crippen LogP contribution in [0.4, 0.5) is 5.69 Å². The molecule has 0 spiro atoms. The van der Waals surface area contributed by atoms with Crippen LogP contribution in [0.2, 0.25) is 0 Å². The van der Waals surface area contributed by atoms with E-state index in [2.05, 4.69) is 16.4 Å². The molecule has 0 fully saturated rings. The zero-order chi connectivity index (χ0) is 18.8. The summed E-state index contributed by atoms with van der Waals surface area (Å²) in [5.74, 6) is 2.30. The summed E-state index contributed by atoms with van der Waals surface area (Å²) in [4.78, 5) is 17.0. The predicted molar refractivity (Wildman–Crippen MR) is 105 cm³/mol. The SMILES string of the molecule is COc1ccc2nc(SCC(=O)Nc3ccc4c(c3)OCO4)c(C)cc2c1. The highest BCUT2D eigenvalue weighted by Crippen LogP contribution is 2.34. The summed E-state index contributed by atoms with van der Waals surface area (Å²) in [5, 5.41) is 4.73. The molecular weight excluding hydrogens is 364 g/mol. The Kier molecular flexibility index (Phi) is 4.77. The molecule has 6 nitrogen and oxygen atoms in total. The second kappa shape index (κ2) is 7.36. The minimum atomic E-state index is -0.102. The number of methoxy groups -OCH3 is 1. The summed E-state index contributed by atoms with van der Waals surface area (Å²) in [6.07, 6.45) is 0. The summed E-state index contributed by atoms with van der Waals surface area (Å²) in [5.41, 5.74) is 2.58. The predicted octanol–water partition coefficient (Wildman–Crippen LogP) is 4.01. The molecule has 0 bridgehead atoms. The maximum absolute atomic E-state index is 12.3. The van der Waals surface area contributed by atoms with Crippen LogP contribution in [0.3, 0.4) is 0 Å². The first-order valence-electron chi connectivity index (χ1n) is 8.40. The first-order valence-corrected chi connectivity index (χ1v) is 9.38. The maximum Gasteiger partial charge on any atom is 0.234 e. The number of hydrogen-bond acceptors (Lipinski definition) is 6. The Morgan fingerprint density at radius 2 is 2.04 bits per heavy atom. The monoisotopic (exact) mass is 382 g/mol. The molecule has 0 atom stereocenters. The minimum Gasteiger partial charge on any atom is -0.497 e. The van der Waals surface area contributed by atoms with Crippen molar-refractivity contribution in [1.82, 2.24) is 4.98 Å². The number of fused-ring (bicyclic) bond motifs is 2. The van der Waals surface area contributed by atoms with Crippen LogP contribution in [0.15, 0.2) is 47.5 Å². The van der Waals surface area contributed by atoms with Crippen molar-refractivity contribution in [3.63, 3.8) is 0 Å². The molecule has 1 N–H and O–H groups in total. The van der Waals surface area contributed by atoms with E-state index in [4.69, 9.17) is 14.2 Å². The van der Waals surface area contributed by atoms with Crippen LogP contribution in [0, 0.1) is 6.92 Å². The highest BCUT2D eigenvalue weighted by atomic mass is 32.2. The number of pyridine rings is 1. The third-order valence-electron chi connectivity index (χ3n) is 4.16. The maximum atomic E-state index is 12.3. The average molecular weight is 382 g/mol. The third kappa shape index (κ3) is 3.78. The number of nitrogens with zero attached hydrogens (tertiary/aromatic N) is 1. The third-order valence-corrected chi connectivity index (χ3v) is 5.26. The molecule has 1 aromatic heterocycles. The van der Waals surface area contributed by atoms with Gasteiger partial charge in [-0.05, 0) is 48.9 Å². The molecule has 3 aromatic rings. The molecular formula is C20H18N2O4S. The van der Waals surface area contributed by atoms with Gasteiger partial charge < -0.3 is 19.5 Å². The van der Waals surface area contributed by atoms with Crippen molar-refractivity contribution in [3.05, 3.63) is 48.0 Å². The molecule has 1 aliphatic heterocycles. The second-order valence-corrected chi connectivity index (χ2v) is 7.04. The smallest absolute Gasteiger partial charge is 0.234 e. The number of thioether (sulfide) groups is 1. The van der Waals surface area contributed by atoms with Gasteiger partial charge in [-0.1, -0.05) is 11.8 Å². The Balaban J connectivity index is 1.43. The van der Waals surface area contributed by atoms with Gasteiger partial charge in [0.15, 0.2) is 11.5 Å². The van der Waals surface area contributed by atoms with Gasteiger partial charge in [0.2, 0.25) is 12.7 Å². The van der Waals surface area contributed by atoms with Crippen molar-refractivity contribution in [2.45, 2.75) is 11.9 Å². The van der Waals surface area contributed by atoms with Crippen molar-refractivity contribution in [2.75, 3.05) is 25.0 Å². The number of aromatic nitrogens is 1. The van der Waals surface area contributed by atoms with Gasteiger partial charge in [-0.25, -0.2) is 4.98 Å². The first-order chi connectivity index (χ1) is 13.1. The zero-order valence-corrected chi connectivity index (χ0v) is 15.8. The van der Waals surface area contributed by atoms with Crippen LogP contribution in [0.5, 0.6) is 17.2 Å². The molecule has 1 aliphatic rings. The van der Waals surface area contributed by atoms with E-state index >= 15 is 0 Å². The van der Waals surface area contributed by atoms with Crippen molar-refractivity contribution in [3.8, 4) is 17.2 Å². The molecule has 7 heteroatoms. The second-order valence-electron chi connectivity index (χ2n) is 6.07. The summed E-state index contributed by atoms with van der Waals surface area (Å²) in [7, 11) is 1.64. The van der Waals surface area contributed by atoms with Crippen LogP contribution >= 0.6 is 11.8 Å². The molecule has 2 heterocycles. The van der Waals surface area contributed by atoms with Crippen molar-refractivity contribution in [1.29, 1.82) is 0 Å². The van der Waals surface area contributed by atoms with Crippen LogP contribution in [-0.2, 0) is 4.79 Å². The van der Waals surface area contributed by atoms with Gasteiger partial charge in [-0.3, -0.25) is 4.79 Å². The van der Waals surface area contributed by atoms with Gasteiger partial charge >= 0.3 is 0 Å². The molecule has 1 amide bonds. The van der Waals surface area contributed by atoms with Crippen LogP contribution in [0.1, 0.15) is 5.56 Å². The van der Waals surface area contributed by atoms with E-state index in [0.717, 1.165) is 27.2 Å². The van der Waals surface area contributed by atoms with E-state index in [1.807, 2.05) is 25.1 Å². The quantitative estimate of drug-likeness (QED) is 0.673. The Morgan fingerprint density at radius 1 is 1.19 bits per heavy atom. The molecule has 27 heavy (non-hydrogen) atoms. The van der Waals surface area contributed by atoms with Gasteiger partial charge in [0.25, 0.3) is 0 Å². The van der Waals surface area contributed by atoms with Crippen molar-refractivity contribution in [2.24, 2.45) is 0 Å². The fourth-order valence-corrected chi connectivity index (χ4v) is 3.61. The fraction of sp³-hybridized carbons (Fsp3) is 0.200. The largest absolute Gasteiger partial charge is 0.497 e. The van der Waals surface area contributed by atoms with Gasteiger partial charge in [-0.15, -0.1) is 0 Å². The molecule has 0 unspecified atom stereocenters. The molecule has 138 valence electrons. The molecule has 4 rings (SSSR count). The Morgan fingerprint density at radius 3 is 2.89 bits per heavy atom. The number of hydrogen-bond donors (Lipinski definition) is 1. The molecule has 0 radical (unpaired) electrons. The number of rotatable bonds is 5. The van der Waals surface area contributed by atoms with Crippen molar-refractivity contribution >= 4 is 34.3 Å². The summed E-state index contributed by atoms with van der Waals surface area (Å²) < 4.78 is 15.8. The van der Waals surface area contributed by atoms with Gasteiger partial charge in [0, 0.05) is 17.1 Å². The normalized spacial score (nSPS) is 12.2. The van der Waals surface area contributed by atoms with Crippen molar-refractivity contribution < 1.29 is 19.0 Å². The number of carbonyl (C=O) groups excluding carboxylic acids is 1. The summed E-state index contributed by atoms with van der Waals surface area (Å²) >= 11 is 1.41. The first kappa shape index (κ1) is 17.5. The number of nitrogens with one attached hydrogen (secondary N) is 1.